The highest BCUT2D eigenvalue weighted by Gasteiger charge is 2.61. The zero-order chi connectivity index (χ0) is 13.2. The van der Waals surface area contributed by atoms with Crippen LogP contribution in [-0.2, 0) is 0 Å². The highest BCUT2D eigenvalue weighted by Crippen LogP contribution is 2.65. The number of hydrogen-bond acceptors (Lipinski definition) is 1. The van der Waals surface area contributed by atoms with Gasteiger partial charge in [-0.25, -0.2) is 0 Å². The van der Waals surface area contributed by atoms with E-state index in [0.717, 1.165) is 17.9 Å². The first-order valence-corrected chi connectivity index (χ1v) is 8.05. The van der Waals surface area contributed by atoms with Gasteiger partial charge in [-0.2, -0.15) is 0 Å². The lowest BCUT2D eigenvalue weighted by atomic mass is 9.69. The largest absolute Gasteiger partial charge is 0.313 e. The Morgan fingerprint density at radius 1 is 1.11 bits per heavy atom. The Hall–Kier alpha value is -0.0400. The van der Waals surface area contributed by atoms with Gasteiger partial charge in [0.2, 0.25) is 0 Å². The molecule has 0 saturated heterocycles. The van der Waals surface area contributed by atoms with E-state index < -0.39 is 0 Å². The molecule has 0 amide bonds. The SMILES string of the molecule is CC(C)C1(CNC2CC3CCC2(C)C3(C)C)CC1. The molecule has 1 heteroatoms. The molecule has 0 aliphatic heterocycles. The Labute approximate surface area is 113 Å². The van der Waals surface area contributed by atoms with Gasteiger partial charge in [0.25, 0.3) is 0 Å². The van der Waals surface area contributed by atoms with Crippen molar-refractivity contribution in [3.8, 4) is 0 Å². The van der Waals surface area contributed by atoms with Gasteiger partial charge in [-0.3, -0.25) is 0 Å². The molecule has 0 aromatic carbocycles. The molecule has 104 valence electrons. The standard InChI is InChI=1S/C17H31N/c1-12(2)17(8-9-17)11-18-14-10-13-6-7-16(14,5)15(13,3)4/h12-14,18H,6-11H2,1-5H3. The average molecular weight is 249 g/mol. The van der Waals surface area contributed by atoms with Gasteiger partial charge in [0.15, 0.2) is 0 Å². The molecule has 3 fully saturated rings. The molecule has 18 heavy (non-hydrogen) atoms. The summed E-state index contributed by atoms with van der Waals surface area (Å²) in [6.07, 6.45) is 7.24. The Bertz CT molecular complexity index is 340. The van der Waals surface area contributed by atoms with Crippen LogP contribution in [0.25, 0.3) is 0 Å². The maximum absolute atomic E-state index is 3.99. The Morgan fingerprint density at radius 2 is 1.78 bits per heavy atom. The molecule has 3 aliphatic rings. The summed E-state index contributed by atoms with van der Waals surface area (Å²) in [4.78, 5) is 0. The summed E-state index contributed by atoms with van der Waals surface area (Å²) in [5.41, 5.74) is 1.76. The summed E-state index contributed by atoms with van der Waals surface area (Å²) >= 11 is 0. The number of hydrogen-bond donors (Lipinski definition) is 1. The van der Waals surface area contributed by atoms with Gasteiger partial charge in [-0.1, -0.05) is 34.6 Å². The predicted molar refractivity (Wildman–Crippen MR) is 77.5 cm³/mol. The minimum absolute atomic E-state index is 0.546. The summed E-state index contributed by atoms with van der Waals surface area (Å²) in [6.45, 7) is 13.7. The third-order valence-electron chi connectivity index (χ3n) is 7.61. The van der Waals surface area contributed by atoms with Gasteiger partial charge in [0.1, 0.15) is 0 Å². The zero-order valence-electron chi connectivity index (χ0n) is 13.0. The van der Waals surface area contributed by atoms with Crippen molar-refractivity contribution in [2.75, 3.05) is 6.54 Å². The van der Waals surface area contributed by atoms with E-state index in [-0.39, 0.29) is 0 Å². The van der Waals surface area contributed by atoms with Gasteiger partial charge in [0, 0.05) is 12.6 Å². The maximum atomic E-state index is 3.99. The van der Waals surface area contributed by atoms with Crippen LogP contribution in [0.3, 0.4) is 0 Å². The molecular weight excluding hydrogens is 218 g/mol. The summed E-state index contributed by atoms with van der Waals surface area (Å²) in [7, 11) is 0. The smallest absolute Gasteiger partial charge is 0.0129 e. The van der Waals surface area contributed by atoms with E-state index in [2.05, 4.69) is 39.9 Å². The van der Waals surface area contributed by atoms with E-state index in [0.29, 0.717) is 16.2 Å². The highest BCUT2D eigenvalue weighted by atomic mass is 15.0. The van der Waals surface area contributed by atoms with Crippen molar-refractivity contribution in [3.63, 3.8) is 0 Å². The van der Waals surface area contributed by atoms with E-state index >= 15 is 0 Å². The summed E-state index contributed by atoms with van der Waals surface area (Å²) < 4.78 is 0. The molecule has 3 saturated carbocycles. The van der Waals surface area contributed by atoms with E-state index in [1.165, 1.54) is 38.6 Å². The minimum Gasteiger partial charge on any atom is -0.313 e. The van der Waals surface area contributed by atoms with E-state index in [9.17, 15) is 0 Å². The van der Waals surface area contributed by atoms with Crippen molar-refractivity contribution < 1.29 is 0 Å². The van der Waals surface area contributed by atoms with E-state index in [1.54, 1.807) is 0 Å². The zero-order valence-corrected chi connectivity index (χ0v) is 13.0. The second-order valence-corrected chi connectivity index (χ2v) is 8.56. The highest BCUT2D eigenvalue weighted by molar-refractivity contribution is 5.13. The van der Waals surface area contributed by atoms with Crippen LogP contribution in [0.1, 0.15) is 66.7 Å². The summed E-state index contributed by atoms with van der Waals surface area (Å²) in [5.74, 6) is 1.82. The molecule has 1 N–H and O–H groups in total. The van der Waals surface area contributed by atoms with Crippen molar-refractivity contribution >= 4 is 0 Å². The normalized spacial score (nSPS) is 43.7. The first kappa shape index (κ1) is 13.0. The molecule has 0 heterocycles. The summed E-state index contributed by atoms with van der Waals surface area (Å²) in [6, 6.07) is 0.780. The molecule has 2 bridgehead atoms. The molecular formula is C17H31N. The second kappa shape index (κ2) is 3.75. The van der Waals surface area contributed by atoms with E-state index in [4.69, 9.17) is 0 Å². The van der Waals surface area contributed by atoms with Crippen LogP contribution < -0.4 is 5.32 Å². The average Bonchev–Trinajstić information content (AvgIpc) is 3.01. The van der Waals surface area contributed by atoms with Crippen molar-refractivity contribution in [1.82, 2.24) is 5.32 Å². The fourth-order valence-corrected chi connectivity index (χ4v) is 4.96. The molecule has 0 radical (unpaired) electrons. The van der Waals surface area contributed by atoms with Crippen LogP contribution in [0.2, 0.25) is 0 Å². The lowest BCUT2D eigenvalue weighted by molar-refractivity contribution is 0.116. The maximum Gasteiger partial charge on any atom is 0.0129 e. The van der Waals surface area contributed by atoms with Crippen LogP contribution in [-0.4, -0.2) is 12.6 Å². The lowest BCUT2D eigenvalue weighted by Gasteiger charge is -2.40. The van der Waals surface area contributed by atoms with Crippen LogP contribution in [0.15, 0.2) is 0 Å². The first-order chi connectivity index (χ1) is 8.32. The third-order valence-corrected chi connectivity index (χ3v) is 7.61. The van der Waals surface area contributed by atoms with Gasteiger partial charge >= 0.3 is 0 Å². The topological polar surface area (TPSA) is 12.0 Å². The van der Waals surface area contributed by atoms with Gasteiger partial charge in [0.05, 0.1) is 0 Å². The summed E-state index contributed by atoms with van der Waals surface area (Å²) in [5, 5.41) is 3.99. The molecule has 0 aromatic rings. The van der Waals surface area contributed by atoms with Gasteiger partial charge < -0.3 is 5.32 Å². The quantitative estimate of drug-likeness (QED) is 0.786. The van der Waals surface area contributed by atoms with Crippen LogP contribution in [0.5, 0.6) is 0 Å². The van der Waals surface area contributed by atoms with Crippen LogP contribution in [0, 0.1) is 28.1 Å². The molecule has 3 unspecified atom stereocenters. The third kappa shape index (κ3) is 1.55. The Balaban J connectivity index is 1.66. The Kier molecular flexibility index (Phi) is 2.70. The van der Waals surface area contributed by atoms with Crippen LogP contribution >= 0.6 is 0 Å². The molecule has 3 aliphatic carbocycles. The molecule has 3 atom stereocenters. The molecule has 0 spiro atoms. The fraction of sp³-hybridized carbons (Fsp3) is 1.00. The molecule has 0 aromatic heterocycles. The fourth-order valence-electron chi connectivity index (χ4n) is 4.96. The monoisotopic (exact) mass is 249 g/mol. The van der Waals surface area contributed by atoms with Crippen molar-refractivity contribution in [3.05, 3.63) is 0 Å². The van der Waals surface area contributed by atoms with Crippen LogP contribution in [0.4, 0.5) is 0 Å². The minimum atomic E-state index is 0.546. The lowest BCUT2D eigenvalue weighted by Crippen LogP contribution is -2.46. The van der Waals surface area contributed by atoms with E-state index in [1.807, 2.05) is 0 Å². The molecule has 3 rings (SSSR count). The van der Waals surface area contributed by atoms with Crippen molar-refractivity contribution in [2.24, 2.45) is 28.1 Å². The van der Waals surface area contributed by atoms with Crippen molar-refractivity contribution in [1.29, 1.82) is 0 Å². The first-order valence-electron chi connectivity index (χ1n) is 8.05. The van der Waals surface area contributed by atoms with Crippen molar-refractivity contribution in [2.45, 2.75) is 72.8 Å². The van der Waals surface area contributed by atoms with Gasteiger partial charge in [-0.15, -0.1) is 0 Å². The molecule has 1 nitrogen and oxygen atoms in total. The Morgan fingerprint density at radius 3 is 2.17 bits per heavy atom. The second-order valence-electron chi connectivity index (χ2n) is 8.56. The number of fused-ring (bicyclic) bond motifs is 2. The van der Waals surface area contributed by atoms with Gasteiger partial charge in [-0.05, 0) is 60.2 Å². The number of rotatable bonds is 4. The number of nitrogens with one attached hydrogen (secondary N) is 1. The predicted octanol–water partition coefficient (Wildman–Crippen LogP) is 4.23.